The van der Waals surface area contributed by atoms with E-state index in [1.54, 1.807) is 12.1 Å². The van der Waals surface area contributed by atoms with Crippen LogP contribution in [-0.2, 0) is 10.0 Å². The number of nitrogens with zero attached hydrogens (tertiary/aromatic N) is 2. The molecule has 0 aliphatic carbocycles. The molecule has 2 N–H and O–H groups in total. The molecule has 120 valence electrons. The summed E-state index contributed by atoms with van der Waals surface area (Å²) in [4.78, 5) is 6.31. The summed E-state index contributed by atoms with van der Waals surface area (Å²) in [5.41, 5.74) is 0.286. The molecule has 7 heteroatoms. The van der Waals surface area contributed by atoms with Gasteiger partial charge in [0.15, 0.2) is 0 Å². The van der Waals surface area contributed by atoms with Gasteiger partial charge in [-0.25, -0.2) is 13.1 Å². The fraction of sp³-hybridized carbons (Fsp3) is 0.400. The average Bonchev–Trinajstić information content (AvgIpc) is 2.51. The number of aromatic nitrogens is 1. The van der Waals surface area contributed by atoms with E-state index in [0.717, 1.165) is 13.1 Å². The maximum Gasteiger partial charge on any atom is 0.241 e. The second-order valence-electron chi connectivity index (χ2n) is 4.91. The topological polar surface area (TPSA) is 82.5 Å². The first-order valence-electron chi connectivity index (χ1n) is 7.28. The number of benzene rings is 1. The van der Waals surface area contributed by atoms with Gasteiger partial charge >= 0.3 is 0 Å². The third-order valence-corrected chi connectivity index (χ3v) is 5.13. The molecule has 0 spiro atoms. The van der Waals surface area contributed by atoms with Crippen molar-refractivity contribution in [2.45, 2.75) is 18.7 Å². The van der Waals surface area contributed by atoms with Crippen LogP contribution >= 0.6 is 0 Å². The van der Waals surface area contributed by atoms with Crippen LogP contribution in [0.4, 0.5) is 0 Å². The van der Waals surface area contributed by atoms with E-state index >= 15 is 0 Å². The maximum atomic E-state index is 12.5. The molecule has 2 aromatic rings. The summed E-state index contributed by atoms with van der Waals surface area (Å²) >= 11 is 0. The molecule has 0 saturated heterocycles. The Bertz CT molecular complexity index is 743. The van der Waals surface area contributed by atoms with E-state index in [0.29, 0.717) is 18.5 Å². The summed E-state index contributed by atoms with van der Waals surface area (Å²) in [6.07, 6.45) is 1.39. The average molecular weight is 323 g/mol. The highest BCUT2D eigenvalue weighted by molar-refractivity contribution is 7.89. The third kappa shape index (κ3) is 3.55. The van der Waals surface area contributed by atoms with Crippen molar-refractivity contribution in [2.24, 2.45) is 0 Å². The Hall–Kier alpha value is -1.70. The number of aromatic hydroxyl groups is 1. The number of hydrogen-bond acceptors (Lipinski definition) is 5. The van der Waals surface area contributed by atoms with Gasteiger partial charge in [0.1, 0.15) is 11.3 Å². The Morgan fingerprint density at radius 2 is 1.95 bits per heavy atom. The molecule has 0 saturated carbocycles. The zero-order valence-electron chi connectivity index (χ0n) is 12.8. The Morgan fingerprint density at radius 3 is 2.64 bits per heavy atom. The first kappa shape index (κ1) is 16.7. The van der Waals surface area contributed by atoms with Crippen LogP contribution in [0.2, 0.25) is 0 Å². The van der Waals surface area contributed by atoms with Crippen molar-refractivity contribution in [2.75, 3.05) is 26.2 Å². The molecule has 1 aromatic heterocycles. The number of rotatable bonds is 7. The van der Waals surface area contributed by atoms with Gasteiger partial charge in [-0.1, -0.05) is 26.0 Å². The normalized spacial score (nSPS) is 12.1. The summed E-state index contributed by atoms with van der Waals surface area (Å²) in [5.74, 6) is -0.0299. The molecule has 0 bridgehead atoms. The molecule has 0 unspecified atom stereocenters. The quantitative estimate of drug-likeness (QED) is 0.808. The van der Waals surface area contributed by atoms with Crippen LogP contribution in [0, 0.1) is 0 Å². The smallest absolute Gasteiger partial charge is 0.241 e. The molecule has 0 fully saturated rings. The number of phenolic OH excluding ortho intramolecular Hbond substituents is 1. The first-order valence-corrected chi connectivity index (χ1v) is 8.76. The van der Waals surface area contributed by atoms with Crippen molar-refractivity contribution in [3.8, 4) is 5.75 Å². The number of para-hydroxylation sites is 1. The number of likely N-dealkylation sites (N-methyl/N-ethyl adjacent to an activating group) is 1. The molecule has 2 rings (SSSR count). The lowest BCUT2D eigenvalue weighted by atomic mass is 10.2. The van der Waals surface area contributed by atoms with Crippen LogP contribution in [0.25, 0.3) is 10.9 Å². The molecule has 0 aliphatic rings. The van der Waals surface area contributed by atoms with Gasteiger partial charge < -0.3 is 10.0 Å². The Morgan fingerprint density at radius 1 is 1.23 bits per heavy atom. The van der Waals surface area contributed by atoms with E-state index in [9.17, 15) is 13.5 Å². The zero-order valence-corrected chi connectivity index (χ0v) is 13.6. The fourth-order valence-electron chi connectivity index (χ4n) is 2.33. The molecule has 0 amide bonds. The lowest BCUT2D eigenvalue weighted by Gasteiger charge is -2.18. The molecule has 22 heavy (non-hydrogen) atoms. The third-order valence-electron chi connectivity index (χ3n) is 3.61. The van der Waals surface area contributed by atoms with Crippen LogP contribution in [0.1, 0.15) is 13.8 Å². The lowest BCUT2D eigenvalue weighted by Crippen LogP contribution is -2.34. The number of sulfonamides is 1. The summed E-state index contributed by atoms with van der Waals surface area (Å²) in [7, 11) is -3.64. The highest BCUT2D eigenvalue weighted by atomic mass is 32.2. The second kappa shape index (κ2) is 7.04. The second-order valence-corrected chi connectivity index (χ2v) is 6.64. The molecule has 1 aromatic carbocycles. The van der Waals surface area contributed by atoms with Crippen molar-refractivity contribution in [1.82, 2.24) is 14.6 Å². The van der Waals surface area contributed by atoms with Gasteiger partial charge in [-0.2, -0.15) is 0 Å². The van der Waals surface area contributed by atoms with Crippen molar-refractivity contribution in [3.63, 3.8) is 0 Å². The number of nitrogens with one attached hydrogen (secondary N) is 1. The van der Waals surface area contributed by atoms with E-state index in [1.807, 2.05) is 13.8 Å². The van der Waals surface area contributed by atoms with Gasteiger partial charge in [-0.15, -0.1) is 0 Å². The van der Waals surface area contributed by atoms with Gasteiger partial charge in [0.2, 0.25) is 10.0 Å². The minimum Gasteiger partial charge on any atom is -0.506 e. The van der Waals surface area contributed by atoms with Crippen LogP contribution in [0.5, 0.6) is 5.75 Å². The van der Waals surface area contributed by atoms with Gasteiger partial charge in [-0.3, -0.25) is 4.98 Å². The van der Waals surface area contributed by atoms with E-state index in [2.05, 4.69) is 14.6 Å². The largest absolute Gasteiger partial charge is 0.506 e. The van der Waals surface area contributed by atoms with E-state index in [-0.39, 0.29) is 16.2 Å². The van der Waals surface area contributed by atoms with Gasteiger partial charge in [-0.05, 0) is 25.2 Å². The number of pyridine rings is 1. The summed E-state index contributed by atoms with van der Waals surface area (Å²) in [5, 5.41) is 10.2. The maximum absolute atomic E-state index is 12.5. The Labute approximate surface area is 130 Å². The van der Waals surface area contributed by atoms with E-state index in [4.69, 9.17) is 0 Å². The highest BCUT2D eigenvalue weighted by Crippen LogP contribution is 2.27. The standard InChI is InChI=1S/C15H21N3O3S/c1-3-18(4-2)11-10-17-22(20,21)14-8-9-16-15-12(14)6-5-7-13(15)19/h5-9,17,19H,3-4,10-11H2,1-2H3. The predicted octanol–water partition coefficient (Wildman–Crippen LogP) is 1.56. The van der Waals surface area contributed by atoms with Crippen molar-refractivity contribution < 1.29 is 13.5 Å². The van der Waals surface area contributed by atoms with Crippen molar-refractivity contribution in [3.05, 3.63) is 30.5 Å². The van der Waals surface area contributed by atoms with Gasteiger partial charge in [0.05, 0.1) is 4.90 Å². The fourth-order valence-corrected chi connectivity index (χ4v) is 3.53. The Balaban J connectivity index is 2.25. The van der Waals surface area contributed by atoms with Crippen LogP contribution < -0.4 is 4.72 Å². The molecule has 0 radical (unpaired) electrons. The SMILES string of the molecule is CCN(CC)CCNS(=O)(=O)c1ccnc2c(O)cccc12. The molecule has 0 aliphatic heterocycles. The minimum atomic E-state index is -3.64. The number of hydrogen-bond donors (Lipinski definition) is 2. The first-order chi connectivity index (χ1) is 10.5. The number of fused-ring (bicyclic) bond motifs is 1. The Kier molecular flexibility index (Phi) is 5.33. The molecule has 6 nitrogen and oxygen atoms in total. The molecular formula is C15H21N3O3S. The van der Waals surface area contributed by atoms with Crippen molar-refractivity contribution in [1.29, 1.82) is 0 Å². The lowest BCUT2D eigenvalue weighted by molar-refractivity contribution is 0.309. The summed E-state index contributed by atoms with van der Waals surface area (Å²) in [6, 6.07) is 6.18. The molecular weight excluding hydrogens is 302 g/mol. The van der Waals surface area contributed by atoms with E-state index in [1.165, 1.54) is 18.3 Å². The number of phenols is 1. The summed E-state index contributed by atoms with van der Waals surface area (Å²) in [6.45, 7) is 6.83. The van der Waals surface area contributed by atoms with Gasteiger partial charge in [0.25, 0.3) is 0 Å². The molecule has 0 atom stereocenters. The zero-order chi connectivity index (χ0) is 16.2. The van der Waals surface area contributed by atoms with Crippen molar-refractivity contribution >= 4 is 20.9 Å². The highest BCUT2D eigenvalue weighted by Gasteiger charge is 2.18. The monoisotopic (exact) mass is 323 g/mol. The summed E-state index contributed by atoms with van der Waals surface area (Å²) < 4.78 is 27.6. The predicted molar refractivity (Wildman–Crippen MR) is 86.4 cm³/mol. The van der Waals surface area contributed by atoms with Gasteiger partial charge in [0, 0.05) is 24.7 Å². The minimum absolute atomic E-state index is 0.0299. The van der Waals surface area contributed by atoms with Crippen LogP contribution in [-0.4, -0.2) is 49.6 Å². The van der Waals surface area contributed by atoms with Crippen LogP contribution in [0.3, 0.4) is 0 Å². The van der Waals surface area contributed by atoms with E-state index < -0.39 is 10.0 Å². The van der Waals surface area contributed by atoms with Crippen LogP contribution in [0.15, 0.2) is 35.4 Å². The molecule has 1 heterocycles.